The number of aliphatic hydroxyl groups excluding tert-OH is 1. The van der Waals surface area contributed by atoms with Gasteiger partial charge in [0.2, 0.25) is 0 Å². The van der Waals surface area contributed by atoms with Gasteiger partial charge in [0.15, 0.2) is 0 Å². The maximum atomic E-state index is 12.1. The van der Waals surface area contributed by atoms with Gasteiger partial charge in [-0.2, -0.15) is 0 Å². The van der Waals surface area contributed by atoms with Crippen LogP contribution < -0.4 is 5.56 Å². The maximum Gasteiger partial charge on any atom is 0.250 e. The van der Waals surface area contributed by atoms with Crippen molar-refractivity contribution in [2.75, 3.05) is 26.2 Å². The molecule has 2 aromatic rings. The summed E-state index contributed by atoms with van der Waals surface area (Å²) in [5.74, 6) is 0.868. The molecule has 1 aromatic heterocycles. The van der Waals surface area contributed by atoms with Crippen LogP contribution in [0.2, 0.25) is 0 Å². The Morgan fingerprint density at radius 2 is 1.92 bits per heavy atom. The molecule has 0 saturated carbocycles. The number of aromatic nitrogens is 1. The molecule has 138 valence electrons. The quantitative estimate of drug-likeness (QED) is 0.860. The van der Waals surface area contributed by atoms with Gasteiger partial charge < -0.3 is 14.4 Å². The third-order valence-electron chi connectivity index (χ3n) is 5.45. The van der Waals surface area contributed by atoms with Crippen LogP contribution in [0.1, 0.15) is 23.6 Å². The highest BCUT2D eigenvalue weighted by Gasteiger charge is 2.34. The van der Waals surface area contributed by atoms with Crippen molar-refractivity contribution in [3.05, 3.63) is 70.1 Å². The van der Waals surface area contributed by atoms with Gasteiger partial charge >= 0.3 is 0 Å². The highest BCUT2D eigenvalue weighted by molar-refractivity contribution is 5.17. The van der Waals surface area contributed by atoms with Gasteiger partial charge in [-0.05, 0) is 24.0 Å². The third-order valence-corrected chi connectivity index (χ3v) is 5.45. The molecule has 4 rings (SSSR count). The monoisotopic (exact) mass is 354 g/mol. The lowest BCUT2D eigenvalue weighted by Crippen LogP contribution is -2.49. The molecule has 3 atom stereocenters. The van der Waals surface area contributed by atoms with Crippen molar-refractivity contribution in [2.24, 2.45) is 5.92 Å². The van der Waals surface area contributed by atoms with Crippen LogP contribution >= 0.6 is 0 Å². The van der Waals surface area contributed by atoms with Gasteiger partial charge in [0.25, 0.3) is 5.56 Å². The minimum Gasteiger partial charge on any atom is -0.389 e. The number of β-amino-alcohol motifs (C(OH)–C–C–N with tert-alkyl or cyclic N) is 1. The SMILES string of the molecule is O=c1cccc2n1C[C@H]1C[C@H]2CN(CC(O)COCc2ccccc2)C1. The summed E-state index contributed by atoms with van der Waals surface area (Å²) >= 11 is 0. The molecule has 1 unspecified atom stereocenters. The Hall–Kier alpha value is -1.95. The lowest BCUT2D eigenvalue weighted by Gasteiger charge is -2.43. The minimum atomic E-state index is -0.490. The molecule has 1 N–H and O–H groups in total. The maximum absolute atomic E-state index is 12.1. The molecule has 0 spiro atoms. The molecule has 5 heteroatoms. The Morgan fingerprint density at radius 1 is 1.08 bits per heavy atom. The summed E-state index contributed by atoms with van der Waals surface area (Å²) in [6.45, 7) is 4.13. The second-order valence-corrected chi connectivity index (χ2v) is 7.57. The Morgan fingerprint density at radius 3 is 2.77 bits per heavy atom. The largest absolute Gasteiger partial charge is 0.389 e. The lowest BCUT2D eigenvalue weighted by atomic mass is 9.83. The van der Waals surface area contributed by atoms with Gasteiger partial charge in [0.1, 0.15) is 0 Å². The number of hydrogen-bond acceptors (Lipinski definition) is 4. The number of hydrogen-bond donors (Lipinski definition) is 1. The number of fused-ring (bicyclic) bond motifs is 4. The topological polar surface area (TPSA) is 54.7 Å². The summed E-state index contributed by atoms with van der Waals surface area (Å²) in [7, 11) is 0. The predicted octanol–water partition coefficient (Wildman–Crippen LogP) is 1.85. The van der Waals surface area contributed by atoms with E-state index in [0.29, 0.717) is 31.6 Å². The number of benzene rings is 1. The summed E-state index contributed by atoms with van der Waals surface area (Å²) < 4.78 is 7.61. The molecule has 1 saturated heterocycles. The van der Waals surface area contributed by atoms with E-state index in [-0.39, 0.29) is 5.56 Å². The van der Waals surface area contributed by atoms with Gasteiger partial charge in [0, 0.05) is 43.9 Å². The van der Waals surface area contributed by atoms with Crippen molar-refractivity contribution in [1.29, 1.82) is 0 Å². The highest BCUT2D eigenvalue weighted by atomic mass is 16.5. The molecule has 26 heavy (non-hydrogen) atoms. The van der Waals surface area contributed by atoms with Crippen LogP contribution in [0.3, 0.4) is 0 Å². The summed E-state index contributed by atoms with van der Waals surface area (Å²) in [5.41, 5.74) is 2.38. The van der Waals surface area contributed by atoms with Crippen LogP contribution in [0.4, 0.5) is 0 Å². The zero-order valence-electron chi connectivity index (χ0n) is 15.0. The molecule has 2 aliphatic rings. The van der Waals surface area contributed by atoms with Gasteiger partial charge in [-0.15, -0.1) is 0 Å². The van der Waals surface area contributed by atoms with Crippen LogP contribution in [-0.4, -0.2) is 46.9 Å². The molecular weight excluding hydrogens is 328 g/mol. The van der Waals surface area contributed by atoms with Crippen LogP contribution in [0, 0.1) is 5.92 Å². The minimum absolute atomic E-state index is 0.111. The van der Waals surface area contributed by atoms with Crippen molar-refractivity contribution in [3.8, 4) is 0 Å². The number of likely N-dealkylation sites (tertiary alicyclic amines) is 1. The van der Waals surface area contributed by atoms with E-state index in [0.717, 1.165) is 37.3 Å². The van der Waals surface area contributed by atoms with Gasteiger partial charge in [-0.3, -0.25) is 9.69 Å². The third kappa shape index (κ3) is 3.90. The van der Waals surface area contributed by atoms with Gasteiger partial charge in [-0.1, -0.05) is 36.4 Å². The molecule has 2 bridgehead atoms. The van der Waals surface area contributed by atoms with Crippen LogP contribution in [-0.2, 0) is 17.9 Å². The molecule has 1 aromatic carbocycles. The van der Waals surface area contributed by atoms with Crippen LogP contribution in [0.5, 0.6) is 0 Å². The molecule has 2 aliphatic heterocycles. The Labute approximate surface area is 153 Å². The zero-order chi connectivity index (χ0) is 17.9. The van der Waals surface area contributed by atoms with E-state index in [2.05, 4.69) is 11.0 Å². The lowest BCUT2D eigenvalue weighted by molar-refractivity contribution is -0.00248. The van der Waals surface area contributed by atoms with E-state index in [1.165, 1.54) is 0 Å². The van der Waals surface area contributed by atoms with Crippen molar-refractivity contribution in [2.45, 2.75) is 31.6 Å². The molecular formula is C21H26N2O3. The van der Waals surface area contributed by atoms with E-state index >= 15 is 0 Å². The zero-order valence-corrected chi connectivity index (χ0v) is 15.0. The average molecular weight is 354 g/mol. The summed E-state index contributed by atoms with van der Waals surface area (Å²) in [6.07, 6.45) is 0.649. The summed E-state index contributed by atoms with van der Waals surface area (Å²) in [5, 5.41) is 10.4. The van der Waals surface area contributed by atoms with Crippen LogP contribution in [0.15, 0.2) is 53.3 Å². The molecule has 3 heterocycles. The number of aliphatic hydroxyl groups is 1. The normalized spacial score (nSPS) is 23.4. The fourth-order valence-electron chi connectivity index (χ4n) is 4.38. The Kier molecular flexibility index (Phi) is 5.20. The Bertz CT molecular complexity index is 789. The fraction of sp³-hybridized carbons (Fsp3) is 0.476. The van der Waals surface area contributed by atoms with E-state index in [4.69, 9.17) is 4.74 Å². The average Bonchev–Trinajstić information content (AvgIpc) is 2.63. The summed E-state index contributed by atoms with van der Waals surface area (Å²) in [4.78, 5) is 14.4. The number of ether oxygens (including phenoxy) is 1. The summed E-state index contributed by atoms with van der Waals surface area (Å²) in [6, 6.07) is 15.6. The van der Waals surface area contributed by atoms with Crippen LogP contribution in [0.25, 0.3) is 0 Å². The van der Waals surface area contributed by atoms with Gasteiger partial charge in [0.05, 0.1) is 19.3 Å². The number of piperidine rings is 1. The first-order valence-corrected chi connectivity index (χ1v) is 9.41. The molecule has 0 radical (unpaired) electrons. The first kappa shape index (κ1) is 17.5. The van der Waals surface area contributed by atoms with E-state index in [1.54, 1.807) is 6.07 Å². The smallest absolute Gasteiger partial charge is 0.250 e. The molecule has 5 nitrogen and oxygen atoms in total. The fourth-order valence-corrected chi connectivity index (χ4v) is 4.38. The molecule has 0 aliphatic carbocycles. The van der Waals surface area contributed by atoms with E-state index in [1.807, 2.05) is 41.0 Å². The van der Waals surface area contributed by atoms with E-state index < -0.39 is 6.10 Å². The van der Waals surface area contributed by atoms with Crippen molar-refractivity contribution in [1.82, 2.24) is 9.47 Å². The molecule has 0 amide bonds. The number of nitrogens with zero attached hydrogens (tertiary/aromatic N) is 2. The van der Waals surface area contributed by atoms with E-state index in [9.17, 15) is 9.90 Å². The second kappa shape index (κ2) is 7.74. The number of pyridine rings is 1. The van der Waals surface area contributed by atoms with Crippen molar-refractivity contribution < 1.29 is 9.84 Å². The standard InChI is InChI=1S/C21H26N2O3/c24-19(15-26-14-16-5-2-1-3-6-16)13-22-10-17-9-18(12-22)20-7-4-8-21(25)23(20)11-17/h1-8,17-19,24H,9-15H2/t17-,18-,19?/m0/s1. The molecule has 1 fully saturated rings. The first-order valence-electron chi connectivity index (χ1n) is 9.41. The van der Waals surface area contributed by atoms with Gasteiger partial charge in [-0.25, -0.2) is 0 Å². The Balaban J connectivity index is 1.30. The highest BCUT2D eigenvalue weighted by Crippen LogP contribution is 2.34. The van der Waals surface area contributed by atoms with Crippen molar-refractivity contribution >= 4 is 0 Å². The number of rotatable bonds is 6. The second-order valence-electron chi connectivity index (χ2n) is 7.57. The predicted molar refractivity (Wildman–Crippen MR) is 100 cm³/mol. The first-order chi connectivity index (χ1) is 12.7. The van der Waals surface area contributed by atoms with Crippen molar-refractivity contribution in [3.63, 3.8) is 0 Å².